The zero-order chi connectivity index (χ0) is 17.6. The van der Waals surface area contributed by atoms with Crippen LogP contribution in [0.25, 0.3) is 0 Å². The summed E-state index contributed by atoms with van der Waals surface area (Å²) in [5.41, 5.74) is 1.37. The highest BCUT2D eigenvalue weighted by Gasteiger charge is 2.20. The normalized spacial score (nSPS) is 16.3. The average molecular weight is 341 g/mol. The maximum absolute atomic E-state index is 4.43. The zero-order valence-corrected chi connectivity index (χ0v) is 15.3. The molecule has 0 spiro atoms. The van der Waals surface area contributed by atoms with Gasteiger partial charge in [0.1, 0.15) is 5.82 Å². The van der Waals surface area contributed by atoms with Gasteiger partial charge in [0.25, 0.3) is 0 Å². The molecule has 1 aliphatic rings. The molecule has 7 nitrogen and oxygen atoms in total. The summed E-state index contributed by atoms with van der Waals surface area (Å²) in [5, 5.41) is 11.7. The third-order valence-corrected chi connectivity index (χ3v) is 4.72. The predicted molar refractivity (Wildman–Crippen MR) is 99.2 cm³/mol. The maximum Gasteiger partial charge on any atom is 0.194 e. The Kier molecular flexibility index (Phi) is 5.65. The minimum atomic E-state index is 0.633. The molecule has 7 heteroatoms. The van der Waals surface area contributed by atoms with Gasteiger partial charge in [-0.25, -0.2) is 0 Å². The number of hydrogen-bond acceptors (Lipinski definition) is 4. The lowest BCUT2D eigenvalue weighted by Gasteiger charge is -2.36. The van der Waals surface area contributed by atoms with Gasteiger partial charge in [0, 0.05) is 46.8 Å². The molecule has 1 aromatic carbocycles. The van der Waals surface area contributed by atoms with E-state index < -0.39 is 0 Å². The lowest BCUT2D eigenvalue weighted by Crippen LogP contribution is -2.52. The summed E-state index contributed by atoms with van der Waals surface area (Å²) in [6, 6.07) is 10.7. The molecule has 3 rings (SSSR count). The number of rotatable bonds is 4. The molecule has 1 aliphatic heterocycles. The molecule has 0 bridgehead atoms. The summed E-state index contributed by atoms with van der Waals surface area (Å²) in [6.07, 6.45) is 0. The van der Waals surface area contributed by atoms with Gasteiger partial charge in [-0.2, -0.15) is 0 Å². The van der Waals surface area contributed by atoms with Gasteiger partial charge in [0.2, 0.25) is 0 Å². The van der Waals surface area contributed by atoms with Crippen LogP contribution in [-0.2, 0) is 20.1 Å². The van der Waals surface area contributed by atoms with E-state index in [4.69, 9.17) is 0 Å². The highest BCUT2D eigenvalue weighted by Crippen LogP contribution is 2.09. The Hall–Kier alpha value is -2.41. The molecule has 25 heavy (non-hydrogen) atoms. The summed E-state index contributed by atoms with van der Waals surface area (Å²) in [4.78, 5) is 9.23. The minimum absolute atomic E-state index is 0.633. The van der Waals surface area contributed by atoms with Gasteiger partial charge < -0.3 is 14.8 Å². The van der Waals surface area contributed by atoms with Crippen LogP contribution in [0.1, 0.15) is 17.2 Å². The van der Waals surface area contributed by atoms with Gasteiger partial charge in [0.15, 0.2) is 11.8 Å². The Morgan fingerprint density at radius 2 is 1.84 bits per heavy atom. The van der Waals surface area contributed by atoms with Crippen molar-refractivity contribution in [1.82, 2.24) is 29.9 Å². The number of aromatic nitrogens is 3. The van der Waals surface area contributed by atoms with Crippen molar-refractivity contribution in [2.24, 2.45) is 12.0 Å². The Balaban J connectivity index is 1.49. The van der Waals surface area contributed by atoms with Gasteiger partial charge in [-0.1, -0.05) is 30.3 Å². The number of aryl methyl sites for hydroxylation is 1. The maximum atomic E-state index is 4.43. The number of benzene rings is 1. The first-order valence-corrected chi connectivity index (χ1v) is 8.74. The molecule has 1 N–H and O–H groups in total. The highest BCUT2D eigenvalue weighted by molar-refractivity contribution is 5.79. The number of aliphatic imine (C=N–C) groups is 1. The third-order valence-electron chi connectivity index (χ3n) is 4.72. The van der Waals surface area contributed by atoms with Crippen LogP contribution in [-0.4, -0.2) is 63.8 Å². The molecular weight excluding hydrogens is 314 g/mol. The fourth-order valence-electron chi connectivity index (χ4n) is 3.05. The number of nitrogens with one attached hydrogen (secondary N) is 1. The van der Waals surface area contributed by atoms with E-state index in [2.05, 4.69) is 60.6 Å². The molecule has 134 valence electrons. The summed E-state index contributed by atoms with van der Waals surface area (Å²) in [5.74, 6) is 2.77. The van der Waals surface area contributed by atoms with Crippen LogP contribution in [0, 0.1) is 6.92 Å². The van der Waals surface area contributed by atoms with Crippen molar-refractivity contribution in [3.05, 3.63) is 47.5 Å². The van der Waals surface area contributed by atoms with Crippen LogP contribution >= 0.6 is 0 Å². The summed E-state index contributed by atoms with van der Waals surface area (Å²) < 4.78 is 2.00. The quantitative estimate of drug-likeness (QED) is 0.664. The second-order valence-corrected chi connectivity index (χ2v) is 6.37. The summed E-state index contributed by atoms with van der Waals surface area (Å²) in [6.45, 7) is 7.64. The number of guanidine groups is 1. The summed E-state index contributed by atoms with van der Waals surface area (Å²) >= 11 is 0. The zero-order valence-electron chi connectivity index (χ0n) is 15.3. The first-order chi connectivity index (χ1) is 12.2. The van der Waals surface area contributed by atoms with E-state index in [1.807, 2.05) is 25.6 Å². The highest BCUT2D eigenvalue weighted by atomic mass is 15.4. The second-order valence-electron chi connectivity index (χ2n) is 6.37. The van der Waals surface area contributed by atoms with E-state index in [1.54, 1.807) is 0 Å². The SMILES string of the molecule is CN=C(NCc1nnc(C)n1C)N1CCN(Cc2ccccc2)CC1. The monoisotopic (exact) mass is 341 g/mol. The largest absolute Gasteiger partial charge is 0.349 e. The molecule has 0 radical (unpaired) electrons. The third kappa shape index (κ3) is 4.36. The molecule has 1 aromatic heterocycles. The Morgan fingerprint density at radius 3 is 2.44 bits per heavy atom. The van der Waals surface area contributed by atoms with E-state index in [1.165, 1.54) is 5.56 Å². The van der Waals surface area contributed by atoms with Crippen LogP contribution in [0.5, 0.6) is 0 Å². The first-order valence-electron chi connectivity index (χ1n) is 8.74. The van der Waals surface area contributed by atoms with Crippen molar-refractivity contribution in [3.8, 4) is 0 Å². The van der Waals surface area contributed by atoms with Gasteiger partial charge >= 0.3 is 0 Å². The molecular formula is C18H27N7. The van der Waals surface area contributed by atoms with Crippen LogP contribution < -0.4 is 5.32 Å². The Morgan fingerprint density at radius 1 is 1.12 bits per heavy atom. The number of nitrogens with zero attached hydrogens (tertiary/aromatic N) is 6. The smallest absolute Gasteiger partial charge is 0.194 e. The van der Waals surface area contributed by atoms with Crippen LogP contribution in [0.2, 0.25) is 0 Å². The second kappa shape index (κ2) is 8.11. The molecule has 0 saturated carbocycles. The van der Waals surface area contributed by atoms with Gasteiger partial charge in [-0.3, -0.25) is 9.89 Å². The van der Waals surface area contributed by atoms with Crippen molar-refractivity contribution in [2.75, 3.05) is 33.2 Å². The summed E-state index contributed by atoms with van der Waals surface area (Å²) in [7, 11) is 3.82. The Labute approximate surface area is 149 Å². The molecule has 0 atom stereocenters. The van der Waals surface area contributed by atoms with Gasteiger partial charge in [-0.05, 0) is 12.5 Å². The minimum Gasteiger partial charge on any atom is -0.349 e. The molecule has 0 aliphatic carbocycles. The number of hydrogen-bond donors (Lipinski definition) is 1. The number of piperazine rings is 1. The topological polar surface area (TPSA) is 61.6 Å². The van der Waals surface area contributed by atoms with E-state index >= 15 is 0 Å². The van der Waals surface area contributed by atoms with E-state index in [9.17, 15) is 0 Å². The van der Waals surface area contributed by atoms with Crippen molar-refractivity contribution in [1.29, 1.82) is 0 Å². The molecule has 2 aromatic rings. The van der Waals surface area contributed by atoms with Crippen molar-refractivity contribution >= 4 is 5.96 Å². The molecule has 1 saturated heterocycles. The fourth-order valence-corrected chi connectivity index (χ4v) is 3.05. The predicted octanol–water partition coefficient (Wildman–Crippen LogP) is 1.02. The van der Waals surface area contributed by atoms with Crippen molar-refractivity contribution < 1.29 is 0 Å². The molecule has 0 unspecified atom stereocenters. The molecule has 1 fully saturated rings. The van der Waals surface area contributed by atoms with Crippen molar-refractivity contribution in [2.45, 2.75) is 20.0 Å². The van der Waals surface area contributed by atoms with E-state index in [0.717, 1.165) is 50.3 Å². The van der Waals surface area contributed by atoms with Crippen molar-refractivity contribution in [3.63, 3.8) is 0 Å². The molecule has 0 amide bonds. The lowest BCUT2D eigenvalue weighted by atomic mass is 10.2. The van der Waals surface area contributed by atoms with E-state index in [0.29, 0.717) is 6.54 Å². The molecule has 2 heterocycles. The standard InChI is InChI=1S/C18H27N7/c1-15-21-22-17(23(15)3)13-20-18(19-2)25-11-9-24(10-12-25)14-16-7-5-4-6-8-16/h4-8H,9-14H2,1-3H3,(H,19,20). The lowest BCUT2D eigenvalue weighted by molar-refractivity contribution is 0.172. The van der Waals surface area contributed by atoms with Crippen LogP contribution in [0.3, 0.4) is 0 Å². The van der Waals surface area contributed by atoms with Gasteiger partial charge in [-0.15, -0.1) is 10.2 Å². The average Bonchev–Trinajstić information content (AvgIpc) is 2.96. The first kappa shape index (κ1) is 17.4. The Bertz CT molecular complexity index is 699. The van der Waals surface area contributed by atoms with E-state index in [-0.39, 0.29) is 0 Å². The fraction of sp³-hybridized carbons (Fsp3) is 0.500. The van der Waals surface area contributed by atoms with Crippen LogP contribution in [0.15, 0.2) is 35.3 Å². The van der Waals surface area contributed by atoms with Gasteiger partial charge in [0.05, 0.1) is 6.54 Å². The van der Waals surface area contributed by atoms with Crippen LogP contribution in [0.4, 0.5) is 0 Å².